The van der Waals surface area contributed by atoms with Crippen LogP contribution in [0.4, 0.5) is 0 Å². The van der Waals surface area contributed by atoms with E-state index in [1.54, 1.807) is 0 Å². The minimum Gasteiger partial charge on any atom is -0.369 e. The minimum absolute atomic E-state index is 0.136. The van der Waals surface area contributed by atoms with Crippen LogP contribution in [0, 0.1) is 11.3 Å². The minimum atomic E-state index is -0.189. The van der Waals surface area contributed by atoms with Crippen molar-refractivity contribution in [2.24, 2.45) is 16.8 Å². The number of halogens is 1. The van der Waals surface area contributed by atoms with E-state index >= 15 is 0 Å². The average molecular weight is 354 g/mol. The number of hydrogen-bond donors (Lipinski definition) is 4. The molecular formula is C19H20ClN5. The molecule has 0 saturated heterocycles. The fourth-order valence-electron chi connectivity index (χ4n) is 2.84. The van der Waals surface area contributed by atoms with E-state index in [-0.39, 0.29) is 11.9 Å². The molecule has 0 fully saturated rings. The van der Waals surface area contributed by atoms with Crippen LogP contribution in [0.2, 0.25) is 5.02 Å². The van der Waals surface area contributed by atoms with Crippen molar-refractivity contribution in [3.8, 4) is 11.3 Å². The number of nitrogens with one attached hydrogen (secondary N) is 3. The fourth-order valence-corrected chi connectivity index (χ4v) is 2.96. The summed E-state index contributed by atoms with van der Waals surface area (Å²) in [6, 6.07) is 15.8. The molecule has 1 heterocycles. The number of nitrogens with zero attached hydrogens (tertiary/aromatic N) is 1. The SMILES string of the molecule is CC(C)/C(=N/NC(=N)N)c1c(-c2ccc(Cl)cc2)[nH]c2ccccc12. The second kappa shape index (κ2) is 6.99. The van der Waals surface area contributed by atoms with Gasteiger partial charge in [0.05, 0.1) is 11.4 Å². The van der Waals surface area contributed by atoms with E-state index < -0.39 is 0 Å². The normalized spacial score (nSPS) is 11.9. The Balaban J connectivity index is 2.27. The summed E-state index contributed by atoms with van der Waals surface area (Å²) < 4.78 is 0. The number of hydrogen-bond acceptors (Lipinski definition) is 2. The molecule has 0 aliphatic carbocycles. The Morgan fingerprint density at radius 1 is 1.16 bits per heavy atom. The van der Waals surface area contributed by atoms with Crippen LogP contribution in [0.3, 0.4) is 0 Å². The highest BCUT2D eigenvalue weighted by Gasteiger charge is 2.20. The van der Waals surface area contributed by atoms with Crippen molar-refractivity contribution >= 4 is 34.2 Å². The van der Waals surface area contributed by atoms with Crippen LogP contribution in [0.5, 0.6) is 0 Å². The standard InChI is InChI=1S/C19H20ClN5/c1-11(2)17(24-25-19(21)22)16-14-5-3-4-6-15(14)23-18(16)12-7-9-13(20)10-8-12/h3-11,23H,1-2H3,(H4,21,22,25)/b24-17-. The second-order valence-corrected chi connectivity index (χ2v) is 6.54. The Hall–Kier alpha value is -2.79. The monoisotopic (exact) mass is 353 g/mol. The lowest BCUT2D eigenvalue weighted by Crippen LogP contribution is -2.28. The van der Waals surface area contributed by atoms with Crippen molar-refractivity contribution in [2.45, 2.75) is 13.8 Å². The highest BCUT2D eigenvalue weighted by atomic mass is 35.5. The number of nitrogens with two attached hydrogens (primary N) is 1. The molecule has 2 aromatic carbocycles. The average Bonchev–Trinajstić information content (AvgIpc) is 2.95. The van der Waals surface area contributed by atoms with Crippen LogP contribution < -0.4 is 11.2 Å². The molecule has 0 amide bonds. The quantitative estimate of drug-likeness (QED) is 0.319. The van der Waals surface area contributed by atoms with Gasteiger partial charge in [0.15, 0.2) is 0 Å². The van der Waals surface area contributed by atoms with Crippen LogP contribution in [-0.2, 0) is 0 Å². The molecule has 3 rings (SSSR count). The number of aromatic nitrogens is 1. The topological polar surface area (TPSA) is 90.1 Å². The lowest BCUT2D eigenvalue weighted by atomic mass is 9.94. The van der Waals surface area contributed by atoms with E-state index in [0.717, 1.165) is 33.4 Å². The number of para-hydroxylation sites is 1. The molecule has 0 unspecified atom stereocenters. The Morgan fingerprint density at radius 3 is 2.48 bits per heavy atom. The lowest BCUT2D eigenvalue weighted by molar-refractivity contribution is 0.857. The summed E-state index contributed by atoms with van der Waals surface area (Å²) in [5.74, 6) is -0.0526. The molecule has 128 valence electrons. The van der Waals surface area contributed by atoms with Crippen molar-refractivity contribution in [1.29, 1.82) is 5.41 Å². The molecule has 0 bridgehead atoms. The van der Waals surface area contributed by atoms with Gasteiger partial charge in [-0.3, -0.25) is 5.41 Å². The molecular weight excluding hydrogens is 334 g/mol. The van der Waals surface area contributed by atoms with E-state index in [4.69, 9.17) is 22.7 Å². The molecule has 5 N–H and O–H groups in total. The van der Waals surface area contributed by atoms with Gasteiger partial charge in [0.1, 0.15) is 0 Å². The molecule has 0 aliphatic rings. The maximum Gasteiger partial charge on any atom is 0.206 e. The van der Waals surface area contributed by atoms with Gasteiger partial charge in [-0.1, -0.05) is 55.8 Å². The van der Waals surface area contributed by atoms with Crippen molar-refractivity contribution in [1.82, 2.24) is 10.4 Å². The first-order chi connectivity index (χ1) is 12.0. The smallest absolute Gasteiger partial charge is 0.206 e. The first kappa shape index (κ1) is 17.0. The third-order valence-corrected chi connectivity index (χ3v) is 4.19. The predicted octanol–water partition coefficient (Wildman–Crippen LogP) is 4.33. The Bertz CT molecular complexity index is 938. The van der Waals surface area contributed by atoms with Crippen LogP contribution in [0.1, 0.15) is 19.4 Å². The van der Waals surface area contributed by atoms with Gasteiger partial charge in [-0.05, 0) is 29.7 Å². The maximum atomic E-state index is 7.40. The number of guanidine groups is 1. The first-order valence-corrected chi connectivity index (χ1v) is 8.39. The van der Waals surface area contributed by atoms with Gasteiger partial charge in [-0.25, -0.2) is 5.43 Å². The van der Waals surface area contributed by atoms with E-state index in [2.05, 4.69) is 35.4 Å². The predicted molar refractivity (Wildman–Crippen MR) is 105 cm³/mol. The van der Waals surface area contributed by atoms with Gasteiger partial charge in [-0.15, -0.1) is 0 Å². The zero-order valence-corrected chi connectivity index (χ0v) is 14.9. The molecule has 0 atom stereocenters. The molecule has 0 aliphatic heterocycles. The molecule has 1 aromatic heterocycles. The highest BCUT2D eigenvalue weighted by Crippen LogP contribution is 2.33. The summed E-state index contributed by atoms with van der Waals surface area (Å²) >= 11 is 6.03. The zero-order chi connectivity index (χ0) is 18.0. The highest BCUT2D eigenvalue weighted by molar-refractivity contribution is 6.30. The number of rotatable bonds is 4. The second-order valence-electron chi connectivity index (χ2n) is 6.10. The van der Waals surface area contributed by atoms with Gasteiger partial charge in [0.2, 0.25) is 5.96 Å². The Kier molecular flexibility index (Phi) is 4.76. The summed E-state index contributed by atoms with van der Waals surface area (Å²) in [6.45, 7) is 4.13. The third kappa shape index (κ3) is 3.51. The van der Waals surface area contributed by atoms with E-state index in [9.17, 15) is 0 Å². The summed E-state index contributed by atoms with van der Waals surface area (Å²) in [5, 5.41) is 13.6. The molecule has 6 heteroatoms. The molecule has 25 heavy (non-hydrogen) atoms. The number of fused-ring (bicyclic) bond motifs is 1. The number of benzene rings is 2. The maximum absolute atomic E-state index is 7.40. The van der Waals surface area contributed by atoms with Crippen molar-refractivity contribution in [3.05, 3.63) is 59.1 Å². The van der Waals surface area contributed by atoms with E-state index in [1.807, 2.05) is 42.5 Å². The number of aromatic amines is 1. The van der Waals surface area contributed by atoms with Crippen LogP contribution in [-0.4, -0.2) is 16.7 Å². The van der Waals surface area contributed by atoms with Gasteiger partial charge in [-0.2, -0.15) is 5.10 Å². The van der Waals surface area contributed by atoms with Crippen molar-refractivity contribution in [3.63, 3.8) is 0 Å². The zero-order valence-electron chi connectivity index (χ0n) is 14.1. The lowest BCUT2D eigenvalue weighted by Gasteiger charge is -2.13. The van der Waals surface area contributed by atoms with Gasteiger partial charge in [0.25, 0.3) is 0 Å². The first-order valence-electron chi connectivity index (χ1n) is 8.02. The fraction of sp³-hybridized carbons (Fsp3) is 0.158. The molecule has 3 aromatic rings. The molecule has 5 nitrogen and oxygen atoms in total. The molecule has 0 radical (unpaired) electrons. The van der Waals surface area contributed by atoms with Gasteiger partial charge in [0, 0.05) is 21.5 Å². The van der Waals surface area contributed by atoms with Crippen LogP contribution in [0.25, 0.3) is 22.2 Å². The van der Waals surface area contributed by atoms with Crippen LogP contribution in [0.15, 0.2) is 53.6 Å². The summed E-state index contributed by atoms with van der Waals surface area (Å²) in [7, 11) is 0. The molecule has 0 saturated carbocycles. The number of H-pyrrole nitrogens is 1. The molecule has 0 spiro atoms. The largest absolute Gasteiger partial charge is 0.369 e. The van der Waals surface area contributed by atoms with Crippen molar-refractivity contribution in [2.75, 3.05) is 0 Å². The van der Waals surface area contributed by atoms with Crippen LogP contribution >= 0.6 is 11.6 Å². The summed E-state index contributed by atoms with van der Waals surface area (Å²) in [6.07, 6.45) is 0. The Labute approximate surface area is 151 Å². The van der Waals surface area contributed by atoms with Crippen molar-refractivity contribution < 1.29 is 0 Å². The van der Waals surface area contributed by atoms with E-state index in [0.29, 0.717) is 5.02 Å². The van der Waals surface area contributed by atoms with Gasteiger partial charge < -0.3 is 10.7 Å². The summed E-state index contributed by atoms with van der Waals surface area (Å²) in [5.41, 5.74) is 12.8. The Morgan fingerprint density at radius 2 is 1.84 bits per heavy atom. The van der Waals surface area contributed by atoms with Gasteiger partial charge >= 0.3 is 0 Å². The number of hydrazone groups is 1. The third-order valence-electron chi connectivity index (χ3n) is 3.94. The summed E-state index contributed by atoms with van der Waals surface area (Å²) in [4.78, 5) is 3.49. The van der Waals surface area contributed by atoms with E-state index in [1.165, 1.54) is 0 Å².